The first-order valence-electron chi connectivity index (χ1n) is 7.90. The molecule has 1 aliphatic rings. The summed E-state index contributed by atoms with van der Waals surface area (Å²) in [5.41, 5.74) is 1.35. The van der Waals surface area contributed by atoms with Crippen LogP contribution in [0.4, 0.5) is 0 Å². The summed E-state index contributed by atoms with van der Waals surface area (Å²) in [7, 11) is 0. The summed E-state index contributed by atoms with van der Waals surface area (Å²) in [6.07, 6.45) is 6.99. The zero-order valence-electron chi connectivity index (χ0n) is 13.8. The van der Waals surface area contributed by atoms with Crippen LogP contribution in [0.5, 0.6) is 0 Å². The molecule has 1 fully saturated rings. The lowest BCUT2D eigenvalue weighted by Gasteiger charge is -2.21. The lowest BCUT2D eigenvalue weighted by atomic mass is 9.91. The van der Waals surface area contributed by atoms with Gasteiger partial charge in [0.1, 0.15) is 0 Å². The first kappa shape index (κ1) is 16.0. The Morgan fingerprint density at radius 3 is 2.11 bits per heavy atom. The van der Waals surface area contributed by atoms with E-state index in [1.54, 1.807) is 0 Å². The fourth-order valence-corrected chi connectivity index (χ4v) is 3.50. The molecule has 108 valence electrons. The topological polar surface area (TPSA) is 12.0 Å². The highest BCUT2D eigenvalue weighted by Crippen LogP contribution is 2.70. The van der Waals surface area contributed by atoms with Gasteiger partial charge >= 0.3 is 0 Å². The second-order valence-corrected chi connectivity index (χ2v) is 8.13. The van der Waals surface area contributed by atoms with E-state index >= 15 is 0 Å². The first-order valence-corrected chi connectivity index (χ1v) is 7.90. The minimum absolute atomic E-state index is 0.252. The number of hydrogen-bond donors (Lipinski definition) is 1. The summed E-state index contributed by atoms with van der Waals surface area (Å²) < 4.78 is 0. The van der Waals surface area contributed by atoms with Gasteiger partial charge in [-0.15, -0.1) is 0 Å². The van der Waals surface area contributed by atoms with Crippen LogP contribution in [0.15, 0.2) is 0 Å². The van der Waals surface area contributed by atoms with E-state index in [0.29, 0.717) is 10.8 Å². The zero-order valence-corrected chi connectivity index (χ0v) is 13.8. The summed E-state index contributed by atoms with van der Waals surface area (Å²) in [4.78, 5) is 0. The van der Waals surface area contributed by atoms with Gasteiger partial charge in [-0.1, -0.05) is 53.4 Å². The highest BCUT2D eigenvalue weighted by molar-refractivity contribution is 5.15. The maximum atomic E-state index is 3.70. The van der Waals surface area contributed by atoms with Gasteiger partial charge in [-0.2, -0.15) is 0 Å². The molecule has 1 N–H and O–H groups in total. The summed E-state index contributed by atoms with van der Waals surface area (Å²) >= 11 is 0. The van der Waals surface area contributed by atoms with Crippen LogP contribution in [0.1, 0.15) is 80.6 Å². The molecule has 2 unspecified atom stereocenters. The third-order valence-electron chi connectivity index (χ3n) is 5.42. The Morgan fingerprint density at radius 1 is 1.00 bits per heavy atom. The third kappa shape index (κ3) is 3.50. The maximum Gasteiger partial charge on any atom is 0.00966 e. The van der Waals surface area contributed by atoms with Gasteiger partial charge in [0.15, 0.2) is 0 Å². The minimum atomic E-state index is 0.252. The van der Waals surface area contributed by atoms with Crippen LogP contribution in [-0.2, 0) is 0 Å². The van der Waals surface area contributed by atoms with Crippen LogP contribution in [-0.4, -0.2) is 12.1 Å². The van der Waals surface area contributed by atoms with Crippen LogP contribution < -0.4 is 5.32 Å². The molecule has 1 nitrogen and oxygen atoms in total. The third-order valence-corrected chi connectivity index (χ3v) is 5.42. The van der Waals surface area contributed by atoms with Gasteiger partial charge in [0.05, 0.1) is 0 Å². The fourth-order valence-electron chi connectivity index (χ4n) is 3.50. The van der Waals surface area contributed by atoms with Gasteiger partial charge in [0, 0.05) is 5.54 Å². The molecule has 0 radical (unpaired) electrons. The predicted molar refractivity (Wildman–Crippen MR) is 81.9 cm³/mol. The Labute approximate surface area is 115 Å². The van der Waals surface area contributed by atoms with Crippen molar-refractivity contribution in [3.63, 3.8) is 0 Å². The van der Waals surface area contributed by atoms with E-state index in [1.807, 2.05) is 0 Å². The van der Waals surface area contributed by atoms with E-state index in [2.05, 4.69) is 53.8 Å². The van der Waals surface area contributed by atoms with E-state index in [1.165, 1.54) is 38.6 Å². The number of hydrogen-bond acceptors (Lipinski definition) is 1. The highest BCUT2D eigenvalue weighted by atomic mass is 15.0. The standard InChI is InChI=1S/C17H35N/c1-8-9-10-11-12-17(7)14(16(17,5)6)13-18-15(2,3)4/h14,18H,8-13H2,1-7H3. The molecule has 0 heterocycles. The fraction of sp³-hybridized carbons (Fsp3) is 1.00. The molecule has 0 saturated heterocycles. The Bertz CT molecular complexity index is 261. The quantitative estimate of drug-likeness (QED) is 0.629. The molecule has 2 atom stereocenters. The molecular formula is C17H35N. The van der Waals surface area contributed by atoms with E-state index in [4.69, 9.17) is 0 Å². The maximum absolute atomic E-state index is 3.70. The summed E-state index contributed by atoms with van der Waals surface area (Å²) in [5.74, 6) is 0.853. The van der Waals surface area contributed by atoms with E-state index in [9.17, 15) is 0 Å². The molecule has 1 heteroatoms. The van der Waals surface area contributed by atoms with Crippen LogP contribution in [0.3, 0.4) is 0 Å². The Morgan fingerprint density at radius 2 is 1.61 bits per heavy atom. The molecule has 1 rings (SSSR count). The monoisotopic (exact) mass is 253 g/mol. The van der Waals surface area contributed by atoms with Gasteiger partial charge in [0.25, 0.3) is 0 Å². The predicted octanol–water partition coefficient (Wildman–Crippen LogP) is 5.01. The van der Waals surface area contributed by atoms with Crippen LogP contribution >= 0.6 is 0 Å². The van der Waals surface area contributed by atoms with Crippen LogP contribution in [0, 0.1) is 16.7 Å². The molecular weight excluding hydrogens is 218 g/mol. The van der Waals surface area contributed by atoms with E-state index in [0.717, 1.165) is 5.92 Å². The molecule has 0 aromatic rings. The highest BCUT2D eigenvalue weighted by Gasteiger charge is 2.66. The summed E-state index contributed by atoms with van der Waals surface area (Å²) in [5, 5.41) is 3.70. The van der Waals surface area contributed by atoms with Gasteiger partial charge in [-0.05, 0) is 50.5 Å². The van der Waals surface area contributed by atoms with Gasteiger partial charge in [-0.3, -0.25) is 0 Å². The number of nitrogens with one attached hydrogen (secondary N) is 1. The summed E-state index contributed by atoms with van der Waals surface area (Å²) in [6, 6.07) is 0. The summed E-state index contributed by atoms with van der Waals surface area (Å²) in [6.45, 7) is 17.7. The largest absolute Gasteiger partial charge is 0.312 e. The second-order valence-electron chi connectivity index (χ2n) is 8.13. The average Bonchev–Trinajstić information content (AvgIpc) is 2.64. The van der Waals surface area contributed by atoms with Gasteiger partial charge in [0.2, 0.25) is 0 Å². The molecule has 0 bridgehead atoms. The van der Waals surface area contributed by atoms with Crippen LogP contribution in [0.2, 0.25) is 0 Å². The molecule has 0 aliphatic heterocycles. The SMILES string of the molecule is CCCCCCC1(C)C(CNC(C)(C)C)C1(C)C. The minimum Gasteiger partial charge on any atom is -0.312 e. The van der Waals surface area contributed by atoms with Crippen molar-refractivity contribution < 1.29 is 0 Å². The van der Waals surface area contributed by atoms with Crippen molar-refractivity contribution in [1.82, 2.24) is 5.32 Å². The molecule has 0 aromatic heterocycles. The zero-order chi connectivity index (χ0) is 14.0. The van der Waals surface area contributed by atoms with Crippen molar-refractivity contribution in [2.75, 3.05) is 6.54 Å². The van der Waals surface area contributed by atoms with Crippen molar-refractivity contribution in [3.05, 3.63) is 0 Å². The molecule has 1 aliphatic carbocycles. The van der Waals surface area contributed by atoms with Crippen LogP contribution in [0.25, 0.3) is 0 Å². The lowest BCUT2D eigenvalue weighted by molar-refractivity contribution is 0.360. The second kappa shape index (κ2) is 5.53. The Balaban J connectivity index is 2.40. The molecule has 0 aromatic carbocycles. The van der Waals surface area contributed by atoms with Crippen molar-refractivity contribution in [3.8, 4) is 0 Å². The van der Waals surface area contributed by atoms with Crippen molar-refractivity contribution in [2.45, 2.75) is 86.1 Å². The first-order chi connectivity index (χ1) is 8.15. The van der Waals surface area contributed by atoms with E-state index < -0.39 is 0 Å². The van der Waals surface area contributed by atoms with Crippen molar-refractivity contribution in [2.24, 2.45) is 16.7 Å². The Hall–Kier alpha value is -0.0400. The number of unbranched alkanes of at least 4 members (excludes halogenated alkanes) is 3. The molecule has 18 heavy (non-hydrogen) atoms. The Kier molecular flexibility index (Phi) is 4.92. The normalized spacial score (nSPS) is 30.5. The van der Waals surface area contributed by atoms with Crippen molar-refractivity contribution >= 4 is 0 Å². The van der Waals surface area contributed by atoms with Gasteiger partial charge < -0.3 is 5.32 Å². The lowest BCUT2D eigenvalue weighted by Crippen LogP contribution is -2.38. The molecule has 1 saturated carbocycles. The molecule has 0 amide bonds. The van der Waals surface area contributed by atoms with Crippen molar-refractivity contribution in [1.29, 1.82) is 0 Å². The molecule has 0 spiro atoms. The average molecular weight is 253 g/mol. The van der Waals surface area contributed by atoms with E-state index in [-0.39, 0.29) is 5.54 Å². The smallest absolute Gasteiger partial charge is 0.00966 e. The van der Waals surface area contributed by atoms with Gasteiger partial charge in [-0.25, -0.2) is 0 Å². The number of rotatable bonds is 7.